The average molecular weight is 392 g/mol. The highest BCUT2D eigenvalue weighted by molar-refractivity contribution is 6.30. The van der Waals surface area contributed by atoms with Crippen LogP contribution < -0.4 is 9.80 Å². The molecule has 1 aromatic carbocycles. The molecule has 0 amide bonds. The number of benzene rings is 1. The number of anilines is 1. The Kier molecular flexibility index (Phi) is 6.06. The highest BCUT2D eigenvalue weighted by atomic mass is 35.5. The molecule has 0 bridgehead atoms. The molecule has 1 aliphatic heterocycles. The van der Waals surface area contributed by atoms with E-state index in [1.54, 1.807) is 4.90 Å². The zero-order valence-corrected chi connectivity index (χ0v) is 17.9. The molecule has 6 nitrogen and oxygen atoms in total. The number of hydrogen-bond acceptors (Lipinski definition) is 4. The van der Waals surface area contributed by atoms with Crippen molar-refractivity contribution >= 4 is 17.3 Å². The predicted octanol–water partition coefficient (Wildman–Crippen LogP) is 2.64. The van der Waals surface area contributed by atoms with E-state index in [0.29, 0.717) is 6.04 Å². The Morgan fingerprint density at radius 1 is 1.22 bits per heavy atom. The SMILES string of the molecule is CC[C@@H](c1nnnn1C(C)(C)CC)[NH+]1CCN(c2cc(Cl)ccc2C)CC1. The summed E-state index contributed by atoms with van der Waals surface area (Å²) >= 11 is 6.22. The summed E-state index contributed by atoms with van der Waals surface area (Å²) in [5.41, 5.74) is 2.47. The van der Waals surface area contributed by atoms with Crippen LogP contribution in [0.3, 0.4) is 0 Å². The molecule has 0 aliphatic carbocycles. The number of nitrogens with zero attached hydrogens (tertiary/aromatic N) is 5. The van der Waals surface area contributed by atoms with Crippen LogP contribution in [0.15, 0.2) is 18.2 Å². The van der Waals surface area contributed by atoms with Gasteiger partial charge in [-0.2, -0.15) is 0 Å². The van der Waals surface area contributed by atoms with Crippen molar-refractivity contribution in [3.05, 3.63) is 34.6 Å². The summed E-state index contributed by atoms with van der Waals surface area (Å²) in [7, 11) is 0. The van der Waals surface area contributed by atoms with Crippen LogP contribution in [-0.4, -0.2) is 46.4 Å². The Balaban J connectivity index is 1.75. The van der Waals surface area contributed by atoms with Gasteiger partial charge in [0.25, 0.3) is 0 Å². The monoisotopic (exact) mass is 391 g/mol. The number of nitrogens with one attached hydrogen (secondary N) is 1. The largest absolute Gasteiger partial charge is 0.360 e. The van der Waals surface area contributed by atoms with Crippen LogP contribution in [0, 0.1) is 6.92 Å². The molecule has 1 aromatic heterocycles. The van der Waals surface area contributed by atoms with Gasteiger partial charge in [0.2, 0.25) is 5.82 Å². The number of aryl methyl sites for hydroxylation is 1. The molecule has 1 N–H and O–H groups in total. The molecule has 0 saturated carbocycles. The van der Waals surface area contributed by atoms with Crippen LogP contribution in [0.4, 0.5) is 5.69 Å². The normalized spacial score (nSPS) is 17.3. The zero-order chi connectivity index (χ0) is 19.6. The van der Waals surface area contributed by atoms with Crippen LogP contribution >= 0.6 is 11.6 Å². The summed E-state index contributed by atoms with van der Waals surface area (Å²) < 4.78 is 2.04. The van der Waals surface area contributed by atoms with Gasteiger partial charge in [-0.15, -0.1) is 5.10 Å². The molecule has 0 radical (unpaired) electrons. The maximum absolute atomic E-state index is 6.22. The minimum atomic E-state index is -0.0641. The van der Waals surface area contributed by atoms with Crippen LogP contribution in [0.5, 0.6) is 0 Å². The predicted molar refractivity (Wildman–Crippen MR) is 110 cm³/mol. The second kappa shape index (κ2) is 8.15. The molecule has 2 aromatic rings. The van der Waals surface area contributed by atoms with Gasteiger partial charge < -0.3 is 9.80 Å². The quantitative estimate of drug-likeness (QED) is 0.822. The third kappa shape index (κ3) is 4.11. The molecule has 0 spiro atoms. The van der Waals surface area contributed by atoms with E-state index in [-0.39, 0.29) is 5.54 Å². The Labute approximate surface area is 167 Å². The number of piperazine rings is 1. The minimum absolute atomic E-state index is 0.0641. The lowest BCUT2D eigenvalue weighted by Crippen LogP contribution is -3.15. The average Bonchev–Trinajstić information content (AvgIpc) is 3.15. The first-order valence-electron chi connectivity index (χ1n) is 10.0. The number of halogens is 1. The van der Waals surface area contributed by atoms with Crippen molar-refractivity contribution in [3.8, 4) is 0 Å². The lowest BCUT2D eigenvalue weighted by atomic mass is 10.0. The minimum Gasteiger partial charge on any atom is -0.360 e. The van der Waals surface area contributed by atoms with Crippen LogP contribution in [0.2, 0.25) is 5.02 Å². The third-order valence-electron chi connectivity index (χ3n) is 6.06. The van der Waals surface area contributed by atoms with Gasteiger partial charge in [0.15, 0.2) is 0 Å². The smallest absolute Gasteiger partial charge is 0.209 e. The molecular weight excluding hydrogens is 360 g/mol. The molecular formula is C20H32ClN6+. The van der Waals surface area contributed by atoms with E-state index in [0.717, 1.165) is 49.9 Å². The van der Waals surface area contributed by atoms with Crippen LogP contribution in [-0.2, 0) is 5.54 Å². The van der Waals surface area contributed by atoms with E-state index in [9.17, 15) is 0 Å². The van der Waals surface area contributed by atoms with E-state index in [1.807, 2.05) is 10.7 Å². The van der Waals surface area contributed by atoms with Gasteiger partial charge in [0.05, 0.1) is 31.7 Å². The molecule has 0 unspecified atom stereocenters. The molecule has 2 heterocycles. The Morgan fingerprint density at radius 3 is 2.56 bits per heavy atom. The Bertz CT molecular complexity index is 764. The lowest BCUT2D eigenvalue weighted by molar-refractivity contribution is -0.933. The van der Waals surface area contributed by atoms with Crippen molar-refractivity contribution in [2.24, 2.45) is 0 Å². The second-order valence-corrected chi connectivity index (χ2v) is 8.59. The summed E-state index contributed by atoms with van der Waals surface area (Å²) in [6, 6.07) is 6.48. The summed E-state index contributed by atoms with van der Waals surface area (Å²) in [6.07, 6.45) is 2.03. The van der Waals surface area contributed by atoms with Gasteiger partial charge in [-0.05, 0) is 55.3 Å². The van der Waals surface area contributed by atoms with Crippen molar-refractivity contribution in [2.75, 3.05) is 31.1 Å². The zero-order valence-electron chi connectivity index (χ0n) is 17.2. The fourth-order valence-electron chi connectivity index (χ4n) is 3.95. The van der Waals surface area contributed by atoms with Gasteiger partial charge in [0.1, 0.15) is 6.04 Å². The molecule has 1 aliphatic rings. The number of rotatable bonds is 6. The van der Waals surface area contributed by atoms with Crippen molar-refractivity contribution < 1.29 is 4.90 Å². The Morgan fingerprint density at radius 2 is 1.93 bits per heavy atom. The van der Waals surface area contributed by atoms with E-state index in [4.69, 9.17) is 11.6 Å². The fourth-order valence-corrected chi connectivity index (χ4v) is 4.12. The maximum atomic E-state index is 6.22. The van der Waals surface area contributed by atoms with Crippen LogP contribution in [0.25, 0.3) is 0 Å². The van der Waals surface area contributed by atoms with E-state index < -0.39 is 0 Å². The van der Waals surface area contributed by atoms with E-state index in [2.05, 4.69) is 67.2 Å². The fraction of sp³-hybridized carbons (Fsp3) is 0.650. The summed E-state index contributed by atoms with van der Waals surface area (Å²) in [6.45, 7) is 15.2. The second-order valence-electron chi connectivity index (χ2n) is 8.15. The Hall–Kier alpha value is -1.66. The highest BCUT2D eigenvalue weighted by Gasteiger charge is 2.34. The van der Waals surface area contributed by atoms with Gasteiger partial charge >= 0.3 is 0 Å². The molecule has 1 fully saturated rings. The first-order valence-corrected chi connectivity index (χ1v) is 10.4. The topological polar surface area (TPSA) is 51.3 Å². The first kappa shape index (κ1) is 20.1. The van der Waals surface area contributed by atoms with Crippen LogP contribution in [0.1, 0.15) is 58.0 Å². The van der Waals surface area contributed by atoms with Gasteiger partial charge in [-0.1, -0.05) is 31.5 Å². The van der Waals surface area contributed by atoms with Gasteiger partial charge in [-0.25, -0.2) is 4.68 Å². The highest BCUT2D eigenvalue weighted by Crippen LogP contribution is 2.25. The maximum Gasteiger partial charge on any atom is 0.209 e. The number of quaternary nitrogens is 1. The molecule has 3 rings (SSSR count). The third-order valence-corrected chi connectivity index (χ3v) is 6.30. The van der Waals surface area contributed by atoms with Crippen molar-refractivity contribution in [3.63, 3.8) is 0 Å². The summed E-state index contributed by atoms with van der Waals surface area (Å²) in [5.74, 6) is 1.02. The molecule has 1 saturated heterocycles. The number of tetrazole rings is 1. The molecule has 27 heavy (non-hydrogen) atoms. The molecule has 1 atom stereocenters. The van der Waals surface area contributed by atoms with E-state index in [1.165, 1.54) is 11.3 Å². The van der Waals surface area contributed by atoms with Gasteiger partial charge in [-0.3, -0.25) is 0 Å². The number of hydrogen-bond donors (Lipinski definition) is 1. The lowest BCUT2D eigenvalue weighted by Gasteiger charge is -2.38. The molecule has 7 heteroatoms. The summed E-state index contributed by atoms with van der Waals surface area (Å²) in [4.78, 5) is 4.02. The standard InChI is InChI=1S/C20H31ClN6/c1-6-17(19-22-23-24-27(19)20(4,5)7-2)25-10-12-26(13-11-25)18-14-16(21)9-8-15(18)3/h8-9,14,17H,6-7,10-13H2,1-5H3/p+1/t17-/m0/s1. The van der Waals surface area contributed by atoms with Gasteiger partial charge in [0, 0.05) is 17.1 Å². The first-order chi connectivity index (χ1) is 12.9. The van der Waals surface area contributed by atoms with E-state index >= 15 is 0 Å². The molecule has 148 valence electrons. The van der Waals surface area contributed by atoms with Crippen molar-refractivity contribution in [1.29, 1.82) is 0 Å². The number of aromatic nitrogens is 4. The van der Waals surface area contributed by atoms with Crippen molar-refractivity contribution in [1.82, 2.24) is 20.2 Å². The van der Waals surface area contributed by atoms with Crippen molar-refractivity contribution in [2.45, 2.75) is 59.0 Å². The summed E-state index contributed by atoms with van der Waals surface area (Å²) in [5, 5.41) is 13.6.